The molecule has 1 aliphatic rings. The predicted molar refractivity (Wildman–Crippen MR) is 66.5 cm³/mol. The lowest BCUT2D eigenvalue weighted by molar-refractivity contribution is -0.130. The SMILES string of the molecule is NCC1(C(=O)Nc2cc(F)c(F)cc2F)CCOCC1. The first-order chi connectivity index (χ1) is 9.48. The zero-order chi connectivity index (χ0) is 14.8. The van der Waals surface area contributed by atoms with Crippen LogP contribution in [0.15, 0.2) is 12.1 Å². The molecule has 1 fully saturated rings. The van der Waals surface area contributed by atoms with E-state index >= 15 is 0 Å². The molecule has 2 rings (SSSR count). The number of carbonyl (C=O) groups excluding carboxylic acids is 1. The first-order valence-corrected chi connectivity index (χ1v) is 6.22. The van der Waals surface area contributed by atoms with Crippen LogP contribution >= 0.6 is 0 Å². The standard InChI is InChI=1S/C13H15F3N2O2/c14-8-5-10(16)11(6-9(8)15)18-12(19)13(7-17)1-3-20-4-2-13/h5-6H,1-4,7,17H2,(H,18,19). The molecule has 0 unspecified atom stereocenters. The van der Waals surface area contributed by atoms with Crippen LogP contribution in [0.2, 0.25) is 0 Å². The summed E-state index contributed by atoms with van der Waals surface area (Å²) in [5, 5.41) is 2.28. The lowest BCUT2D eigenvalue weighted by Crippen LogP contribution is -2.46. The number of anilines is 1. The van der Waals surface area contributed by atoms with E-state index in [1.165, 1.54) is 0 Å². The Morgan fingerprint density at radius 3 is 2.40 bits per heavy atom. The molecule has 1 saturated heterocycles. The van der Waals surface area contributed by atoms with Crippen molar-refractivity contribution in [3.05, 3.63) is 29.6 Å². The van der Waals surface area contributed by atoms with Crippen LogP contribution in [0.4, 0.5) is 18.9 Å². The molecule has 3 N–H and O–H groups in total. The van der Waals surface area contributed by atoms with E-state index in [0.717, 1.165) is 0 Å². The Hall–Kier alpha value is -1.60. The third-order valence-electron chi connectivity index (χ3n) is 3.58. The molecule has 0 atom stereocenters. The number of hydrogen-bond acceptors (Lipinski definition) is 3. The van der Waals surface area contributed by atoms with Gasteiger partial charge in [-0.3, -0.25) is 4.79 Å². The Kier molecular flexibility index (Phi) is 4.29. The van der Waals surface area contributed by atoms with Crippen LogP contribution in [-0.4, -0.2) is 25.7 Å². The van der Waals surface area contributed by atoms with Gasteiger partial charge in [-0.1, -0.05) is 0 Å². The van der Waals surface area contributed by atoms with E-state index in [0.29, 0.717) is 38.2 Å². The maximum atomic E-state index is 13.5. The minimum absolute atomic E-state index is 0.0769. The number of rotatable bonds is 3. The van der Waals surface area contributed by atoms with E-state index in [2.05, 4.69) is 5.32 Å². The predicted octanol–water partition coefficient (Wildman–Crippen LogP) is 1.80. The molecule has 0 aromatic heterocycles. The number of benzene rings is 1. The second-order valence-corrected chi connectivity index (χ2v) is 4.80. The van der Waals surface area contributed by atoms with E-state index < -0.39 is 34.5 Å². The molecule has 0 spiro atoms. The van der Waals surface area contributed by atoms with Crippen molar-refractivity contribution in [2.45, 2.75) is 12.8 Å². The van der Waals surface area contributed by atoms with Crippen molar-refractivity contribution in [2.75, 3.05) is 25.1 Å². The second kappa shape index (κ2) is 5.80. The molecule has 1 aromatic rings. The first-order valence-electron chi connectivity index (χ1n) is 6.22. The van der Waals surface area contributed by atoms with Gasteiger partial charge in [0.1, 0.15) is 5.82 Å². The summed E-state index contributed by atoms with van der Waals surface area (Å²) in [4.78, 5) is 12.2. The van der Waals surface area contributed by atoms with Crippen LogP contribution in [0.25, 0.3) is 0 Å². The highest BCUT2D eigenvalue weighted by Crippen LogP contribution is 2.31. The second-order valence-electron chi connectivity index (χ2n) is 4.80. The first kappa shape index (κ1) is 14.8. The van der Waals surface area contributed by atoms with Crippen molar-refractivity contribution in [1.29, 1.82) is 0 Å². The van der Waals surface area contributed by atoms with Gasteiger partial charge in [0.25, 0.3) is 0 Å². The summed E-state index contributed by atoms with van der Waals surface area (Å²) in [6, 6.07) is 1.01. The molecule has 0 bridgehead atoms. The van der Waals surface area contributed by atoms with Gasteiger partial charge >= 0.3 is 0 Å². The van der Waals surface area contributed by atoms with Gasteiger partial charge in [-0.2, -0.15) is 0 Å². The number of ether oxygens (including phenoxy) is 1. The summed E-state index contributed by atoms with van der Waals surface area (Å²) in [6.07, 6.45) is 0.807. The largest absolute Gasteiger partial charge is 0.381 e. The van der Waals surface area contributed by atoms with Crippen molar-refractivity contribution < 1.29 is 22.7 Å². The van der Waals surface area contributed by atoms with Crippen molar-refractivity contribution >= 4 is 11.6 Å². The zero-order valence-corrected chi connectivity index (χ0v) is 10.7. The number of halogens is 3. The lowest BCUT2D eigenvalue weighted by Gasteiger charge is -2.34. The quantitative estimate of drug-likeness (QED) is 0.834. The summed E-state index contributed by atoms with van der Waals surface area (Å²) >= 11 is 0. The van der Waals surface area contributed by atoms with Gasteiger partial charge < -0.3 is 15.8 Å². The number of carbonyl (C=O) groups is 1. The zero-order valence-electron chi connectivity index (χ0n) is 10.7. The molecule has 0 radical (unpaired) electrons. The fourth-order valence-electron chi connectivity index (χ4n) is 2.16. The Bertz CT molecular complexity index is 517. The molecule has 0 aliphatic carbocycles. The van der Waals surface area contributed by atoms with Crippen molar-refractivity contribution in [3.8, 4) is 0 Å². The van der Waals surface area contributed by atoms with Gasteiger partial charge in [-0.05, 0) is 12.8 Å². The van der Waals surface area contributed by atoms with E-state index in [9.17, 15) is 18.0 Å². The fourth-order valence-corrected chi connectivity index (χ4v) is 2.16. The minimum atomic E-state index is -1.31. The molecule has 1 amide bonds. The molecule has 0 saturated carbocycles. The van der Waals surface area contributed by atoms with Crippen LogP contribution in [0, 0.1) is 22.9 Å². The van der Waals surface area contributed by atoms with Crippen LogP contribution in [0.5, 0.6) is 0 Å². The molecular weight excluding hydrogens is 273 g/mol. The third-order valence-corrected chi connectivity index (χ3v) is 3.58. The smallest absolute Gasteiger partial charge is 0.232 e. The minimum Gasteiger partial charge on any atom is -0.381 e. The van der Waals surface area contributed by atoms with Gasteiger partial charge in [0.2, 0.25) is 5.91 Å². The molecule has 1 heterocycles. The van der Waals surface area contributed by atoms with E-state index in [1.807, 2.05) is 0 Å². The van der Waals surface area contributed by atoms with Crippen LogP contribution < -0.4 is 11.1 Å². The average molecular weight is 288 g/mol. The molecule has 20 heavy (non-hydrogen) atoms. The average Bonchev–Trinajstić information content (AvgIpc) is 2.45. The van der Waals surface area contributed by atoms with Crippen LogP contribution in [0.1, 0.15) is 12.8 Å². The Labute approximate surface area is 114 Å². The van der Waals surface area contributed by atoms with Crippen molar-refractivity contribution in [1.82, 2.24) is 0 Å². The number of hydrogen-bond donors (Lipinski definition) is 2. The Morgan fingerprint density at radius 2 is 1.80 bits per heavy atom. The summed E-state index contributed by atoms with van der Waals surface area (Å²) in [6.45, 7) is 0.837. The Balaban J connectivity index is 2.20. The molecule has 110 valence electrons. The molecule has 7 heteroatoms. The number of amides is 1. The normalized spacial score (nSPS) is 17.8. The van der Waals surface area contributed by atoms with Gasteiger partial charge in [0.15, 0.2) is 11.6 Å². The maximum absolute atomic E-state index is 13.5. The van der Waals surface area contributed by atoms with Crippen LogP contribution in [0.3, 0.4) is 0 Å². The summed E-state index contributed by atoms with van der Waals surface area (Å²) in [5.74, 6) is -4.07. The molecule has 1 aliphatic heterocycles. The third kappa shape index (κ3) is 2.78. The van der Waals surface area contributed by atoms with E-state index in [1.54, 1.807) is 0 Å². The number of nitrogens with one attached hydrogen (secondary N) is 1. The van der Waals surface area contributed by atoms with Crippen LogP contribution in [-0.2, 0) is 9.53 Å². The van der Waals surface area contributed by atoms with Gasteiger partial charge in [0.05, 0.1) is 11.1 Å². The summed E-state index contributed by atoms with van der Waals surface area (Å²) < 4.78 is 44.6. The summed E-state index contributed by atoms with van der Waals surface area (Å²) in [7, 11) is 0. The van der Waals surface area contributed by atoms with E-state index in [-0.39, 0.29) is 6.54 Å². The maximum Gasteiger partial charge on any atom is 0.232 e. The molecular formula is C13H15F3N2O2. The van der Waals surface area contributed by atoms with Gasteiger partial charge in [-0.15, -0.1) is 0 Å². The number of nitrogens with two attached hydrogens (primary N) is 1. The molecule has 4 nitrogen and oxygen atoms in total. The fraction of sp³-hybridized carbons (Fsp3) is 0.462. The van der Waals surface area contributed by atoms with Gasteiger partial charge in [0, 0.05) is 31.9 Å². The highest BCUT2D eigenvalue weighted by Gasteiger charge is 2.39. The highest BCUT2D eigenvalue weighted by molar-refractivity contribution is 5.95. The lowest BCUT2D eigenvalue weighted by atomic mass is 9.79. The topological polar surface area (TPSA) is 64.4 Å². The van der Waals surface area contributed by atoms with Crippen molar-refractivity contribution in [2.24, 2.45) is 11.1 Å². The van der Waals surface area contributed by atoms with Crippen molar-refractivity contribution in [3.63, 3.8) is 0 Å². The van der Waals surface area contributed by atoms with Gasteiger partial charge in [-0.25, -0.2) is 13.2 Å². The summed E-state index contributed by atoms with van der Waals surface area (Å²) in [5.41, 5.74) is 4.38. The highest BCUT2D eigenvalue weighted by atomic mass is 19.2. The molecule has 1 aromatic carbocycles. The monoisotopic (exact) mass is 288 g/mol. The Morgan fingerprint density at radius 1 is 1.20 bits per heavy atom. The van der Waals surface area contributed by atoms with E-state index in [4.69, 9.17) is 10.5 Å².